The van der Waals surface area contributed by atoms with E-state index in [0.29, 0.717) is 18.8 Å². The number of hydrogen-bond donors (Lipinski definition) is 1. The highest BCUT2D eigenvalue weighted by molar-refractivity contribution is 5.73. The first-order valence-electron chi connectivity index (χ1n) is 6.22. The Bertz CT molecular complexity index is 594. The summed E-state index contributed by atoms with van der Waals surface area (Å²) in [4.78, 5) is 23.2. The summed E-state index contributed by atoms with van der Waals surface area (Å²) in [5.41, 5.74) is 0.858. The summed E-state index contributed by atoms with van der Waals surface area (Å²) in [6.07, 6.45) is 0.793. The van der Waals surface area contributed by atoms with Crippen molar-refractivity contribution in [2.45, 2.75) is 19.4 Å². The SMILES string of the molecule is CC(=O)NC1CCN(c2ccc([N+](=O)[O-])cc2C#N)C1. The quantitative estimate of drug-likeness (QED) is 0.659. The lowest BCUT2D eigenvalue weighted by Crippen LogP contribution is -2.35. The van der Waals surface area contributed by atoms with E-state index in [1.54, 1.807) is 6.07 Å². The van der Waals surface area contributed by atoms with Crippen LogP contribution in [0.5, 0.6) is 0 Å². The second-order valence-electron chi connectivity index (χ2n) is 4.70. The van der Waals surface area contributed by atoms with Crippen molar-refractivity contribution in [2.75, 3.05) is 18.0 Å². The van der Waals surface area contributed by atoms with E-state index >= 15 is 0 Å². The van der Waals surface area contributed by atoms with E-state index in [9.17, 15) is 14.9 Å². The average molecular weight is 274 g/mol. The van der Waals surface area contributed by atoms with Gasteiger partial charge in [0.2, 0.25) is 5.91 Å². The van der Waals surface area contributed by atoms with Gasteiger partial charge in [0.15, 0.2) is 0 Å². The van der Waals surface area contributed by atoms with Gasteiger partial charge >= 0.3 is 0 Å². The van der Waals surface area contributed by atoms with E-state index in [-0.39, 0.29) is 23.2 Å². The molecule has 7 nitrogen and oxygen atoms in total. The number of nitrogens with one attached hydrogen (secondary N) is 1. The van der Waals surface area contributed by atoms with Crippen LogP contribution in [0.2, 0.25) is 0 Å². The number of amides is 1. The molecular formula is C13H14N4O3. The van der Waals surface area contributed by atoms with E-state index < -0.39 is 4.92 Å². The zero-order valence-electron chi connectivity index (χ0n) is 11.0. The zero-order chi connectivity index (χ0) is 14.7. The van der Waals surface area contributed by atoms with Crippen LogP contribution in [0.4, 0.5) is 11.4 Å². The van der Waals surface area contributed by atoms with Crippen LogP contribution in [-0.2, 0) is 4.79 Å². The molecule has 1 aliphatic rings. The molecule has 1 heterocycles. The molecule has 1 aromatic carbocycles. The Morgan fingerprint density at radius 3 is 2.95 bits per heavy atom. The molecule has 1 aromatic rings. The molecule has 104 valence electrons. The number of nitro groups is 1. The second-order valence-corrected chi connectivity index (χ2v) is 4.70. The largest absolute Gasteiger partial charge is 0.368 e. The lowest BCUT2D eigenvalue weighted by atomic mass is 10.1. The van der Waals surface area contributed by atoms with Crippen LogP contribution in [0.3, 0.4) is 0 Å². The number of hydrogen-bond acceptors (Lipinski definition) is 5. The number of anilines is 1. The lowest BCUT2D eigenvalue weighted by molar-refractivity contribution is -0.384. The molecule has 0 aromatic heterocycles. The second kappa shape index (κ2) is 5.57. The summed E-state index contributed by atoms with van der Waals surface area (Å²) in [6, 6.07) is 6.30. The van der Waals surface area contributed by atoms with Gasteiger partial charge in [-0.05, 0) is 12.5 Å². The fraction of sp³-hybridized carbons (Fsp3) is 0.385. The van der Waals surface area contributed by atoms with Gasteiger partial charge in [0.25, 0.3) is 5.69 Å². The summed E-state index contributed by atoms with van der Waals surface area (Å²) in [7, 11) is 0. The smallest absolute Gasteiger partial charge is 0.270 e. The normalized spacial score (nSPS) is 17.6. The molecule has 0 aliphatic carbocycles. The topological polar surface area (TPSA) is 99.3 Å². The predicted octanol–water partition coefficient (Wildman–Crippen LogP) is 1.18. The monoisotopic (exact) mass is 274 g/mol. The van der Waals surface area contributed by atoms with E-state index in [1.807, 2.05) is 11.0 Å². The number of benzene rings is 1. The highest BCUT2D eigenvalue weighted by atomic mass is 16.6. The zero-order valence-corrected chi connectivity index (χ0v) is 11.0. The van der Waals surface area contributed by atoms with E-state index in [2.05, 4.69) is 5.32 Å². The maximum absolute atomic E-state index is 11.0. The van der Waals surface area contributed by atoms with Crippen LogP contribution in [0.1, 0.15) is 18.9 Å². The van der Waals surface area contributed by atoms with Crippen LogP contribution < -0.4 is 10.2 Å². The Morgan fingerprint density at radius 1 is 1.60 bits per heavy atom. The lowest BCUT2D eigenvalue weighted by Gasteiger charge is -2.19. The molecule has 2 rings (SSSR count). The van der Waals surface area contributed by atoms with Crippen LogP contribution >= 0.6 is 0 Å². The number of carbonyl (C=O) groups is 1. The van der Waals surface area contributed by atoms with Gasteiger partial charge in [0.1, 0.15) is 6.07 Å². The molecule has 1 unspecified atom stereocenters. The third-order valence-corrected chi connectivity index (χ3v) is 3.25. The summed E-state index contributed by atoms with van der Waals surface area (Å²) in [5, 5.41) is 22.7. The molecule has 1 fully saturated rings. The number of nitro benzene ring substituents is 1. The predicted molar refractivity (Wildman–Crippen MR) is 72.2 cm³/mol. The molecule has 1 atom stereocenters. The maximum Gasteiger partial charge on any atom is 0.270 e. The molecule has 1 N–H and O–H groups in total. The van der Waals surface area contributed by atoms with Crippen LogP contribution in [0, 0.1) is 21.4 Å². The van der Waals surface area contributed by atoms with E-state index in [0.717, 1.165) is 6.42 Å². The number of carbonyl (C=O) groups excluding carboxylic acids is 1. The van der Waals surface area contributed by atoms with Gasteiger partial charge in [-0.3, -0.25) is 14.9 Å². The highest BCUT2D eigenvalue weighted by Gasteiger charge is 2.25. The first kappa shape index (κ1) is 13.8. The summed E-state index contributed by atoms with van der Waals surface area (Å²) in [6.45, 7) is 2.78. The first-order chi connectivity index (χ1) is 9.51. The van der Waals surface area contributed by atoms with Crippen LogP contribution in [-0.4, -0.2) is 30.0 Å². The third kappa shape index (κ3) is 2.85. The fourth-order valence-electron chi connectivity index (χ4n) is 2.39. The van der Waals surface area contributed by atoms with E-state index in [1.165, 1.54) is 19.1 Å². The maximum atomic E-state index is 11.0. The van der Waals surface area contributed by atoms with Crippen molar-refractivity contribution in [1.29, 1.82) is 5.26 Å². The molecule has 1 saturated heterocycles. The van der Waals surface area contributed by atoms with Gasteiger partial charge in [-0.1, -0.05) is 0 Å². The van der Waals surface area contributed by atoms with Gasteiger partial charge in [-0.25, -0.2) is 0 Å². The molecule has 0 spiro atoms. The molecule has 7 heteroatoms. The minimum atomic E-state index is -0.519. The number of nitriles is 1. The molecule has 1 amide bonds. The van der Waals surface area contributed by atoms with Gasteiger partial charge in [-0.15, -0.1) is 0 Å². The Kier molecular flexibility index (Phi) is 3.84. The van der Waals surface area contributed by atoms with Crippen molar-refractivity contribution in [3.8, 4) is 6.07 Å². The Labute approximate surface area is 115 Å². The number of nitrogens with zero attached hydrogens (tertiary/aromatic N) is 3. The number of non-ortho nitro benzene ring substituents is 1. The molecule has 0 bridgehead atoms. The number of rotatable bonds is 3. The summed E-state index contributed by atoms with van der Waals surface area (Å²) < 4.78 is 0. The van der Waals surface area contributed by atoms with Crippen molar-refractivity contribution in [1.82, 2.24) is 5.32 Å². The summed E-state index contributed by atoms with van der Waals surface area (Å²) in [5.74, 6) is -0.0824. The molecular weight excluding hydrogens is 260 g/mol. The minimum absolute atomic E-state index is 0.0502. The minimum Gasteiger partial charge on any atom is -0.368 e. The average Bonchev–Trinajstić information content (AvgIpc) is 2.85. The molecule has 1 aliphatic heterocycles. The Morgan fingerprint density at radius 2 is 2.35 bits per heavy atom. The van der Waals surface area contributed by atoms with Crippen molar-refractivity contribution in [3.05, 3.63) is 33.9 Å². The van der Waals surface area contributed by atoms with Gasteiger partial charge in [0, 0.05) is 38.2 Å². The van der Waals surface area contributed by atoms with E-state index in [4.69, 9.17) is 5.26 Å². The van der Waals surface area contributed by atoms with Gasteiger partial charge in [0.05, 0.1) is 16.2 Å². The van der Waals surface area contributed by atoms with Gasteiger partial charge in [-0.2, -0.15) is 5.26 Å². The molecule has 20 heavy (non-hydrogen) atoms. The first-order valence-corrected chi connectivity index (χ1v) is 6.22. The fourth-order valence-corrected chi connectivity index (χ4v) is 2.39. The van der Waals surface area contributed by atoms with Crippen LogP contribution in [0.25, 0.3) is 0 Å². The Hall–Kier alpha value is -2.62. The standard InChI is InChI=1S/C13H14N4O3/c1-9(18)15-11-4-5-16(8-11)13-3-2-12(17(19)20)6-10(13)7-14/h2-3,6,11H,4-5,8H2,1H3,(H,15,18). The summed E-state index contributed by atoms with van der Waals surface area (Å²) >= 11 is 0. The van der Waals surface area contributed by atoms with Crippen molar-refractivity contribution in [3.63, 3.8) is 0 Å². The Balaban J connectivity index is 2.20. The van der Waals surface area contributed by atoms with Crippen LogP contribution in [0.15, 0.2) is 18.2 Å². The highest BCUT2D eigenvalue weighted by Crippen LogP contribution is 2.27. The van der Waals surface area contributed by atoms with Crippen molar-refractivity contribution in [2.24, 2.45) is 0 Å². The third-order valence-electron chi connectivity index (χ3n) is 3.25. The molecule has 0 saturated carbocycles. The molecule has 0 radical (unpaired) electrons. The van der Waals surface area contributed by atoms with Gasteiger partial charge < -0.3 is 10.2 Å². The van der Waals surface area contributed by atoms with Crippen molar-refractivity contribution >= 4 is 17.3 Å². The van der Waals surface area contributed by atoms with Crippen molar-refractivity contribution < 1.29 is 9.72 Å².